The topological polar surface area (TPSA) is 114 Å². The molecule has 8 nitrogen and oxygen atoms in total. The van der Waals surface area contributed by atoms with Crippen molar-refractivity contribution in [3.63, 3.8) is 0 Å². The van der Waals surface area contributed by atoms with Crippen LogP contribution in [0.2, 0.25) is 0 Å². The number of aliphatic hydroxyl groups excluding tert-OH is 2. The van der Waals surface area contributed by atoms with Gasteiger partial charge in [0.05, 0.1) is 5.92 Å². The smallest absolute Gasteiger partial charge is 0.309 e. The molecule has 0 aromatic carbocycles. The maximum atomic E-state index is 13.3. The molecule has 0 aromatic rings. The molecule has 0 radical (unpaired) electrons. The Morgan fingerprint density at radius 3 is 1.42 bits per heavy atom. The zero-order chi connectivity index (χ0) is 35.2. The van der Waals surface area contributed by atoms with Crippen LogP contribution >= 0.6 is 0 Å². The Balaban J connectivity index is 2.49. The lowest BCUT2D eigenvalue weighted by atomic mass is 9.93. The molecule has 1 rings (SSSR count). The van der Waals surface area contributed by atoms with E-state index >= 15 is 0 Å². The van der Waals surface area contributed by atoms with Crippen molar-refractivity contribution in [1.29, 1.82) is 0 Å². The van der Waals surface area contributed by atoms with Gasteiger partial charge in [0.1, 0.15) is 31.0 Å². The summed E-state index contributed by atoms with van der Waals surface area (Å²) >= 11 is 0. The molecule has 1 aliphatic heterocycles. The maximum absolute atomic E-state index is 13.3. The number of hydrogen-bond acceptors (Lipinski definition) is 7. The van der Waals surface area contributed by atoms with Gasteiger partial charge in [-0.3, -0.25) is 9.59 Å². The minimum Gasteiger partial charge on any atom is -0.463 e. The Hall–Kier alpha value is -1.22. The van der Waals surface area contributed by atoms with Crippen LogP contribution in [0.5, 0.6) is 0 Å². The number of ether oxygens (including phenoxy) is 3. The average molecular weight is 684 g/mol. The number of amides is 1. The molecule has 0 aliphatic carbocycles. The normalized spacial score (nSPS) is 21.1. The molecule has 0 bridgehead atoms. The lowest BCUT2D eigenvalue weighted by Gasteiger charge is -2.42. The van der Waals surface area contributed by atoms with E-state index in [-0.39, 0.29) is 31.0 Å². The van der Waals surface area contributed by atoms with Gasteiger partial charge in [0.25, 0.3) is 0 Å². The fraction of sp³-hybridized carbons (Fsp3) is 0.950. The molecule has 1 fully saturated rings. The summed E-state index contributed by atoms with van der Waals surface area (Å²) in [6.45, 7) is 7.77. The molecular formula is C40H77NO7. The average Bonchev–Trinajstić information content (AvgIpc) is 3.06. The van der Waals surface area contributed by atoms with Crippen molar-refractivity contribution in [2.24, 2.45) is 5.92 Å². The lowest BCUT2D eigenvalue weighted by molar-refractivity contribution is -0.263. The molecule has 0 saturated carbocycles. The Bertz CT molecular complexity index is 738. The summed E-state index contributed by atoms with van der Waals surface area (Å²) in [5.74, 6) is -0.775. The molecular weight excluding hydrogens is 606 g/mol. The molecule has 1 saturated heterocycles. The van der Waals surface area contributed by atoms with Gasteiger partial charge in [-0.1, -0.05) is 168 Å². The van der Waals surface area contributed by atoms with Crippen molar-refractivity contribution in [3.05, 3.63) is 0 Å². The van der Waals surface area contributed by atoms with E-state index in [4.69, 9.17) is 14.2 Å². The van der Waals surface area contributed by atoms with Gasteiger partial charge in [-0.25, -0.2) is 0 Å². The summed E-state index contributed by atoms with van der Waals surface area (Å²) in [6, 6.07) is -0.909. The highest BCUT2D eigenvalue weighted by atomic mass is 16.6. The SMILES string of the molecule is CCCCCCCCCCCCCCC(CCCCCCCCCCCCCC)C(=O)OCC1OC(O)C(NC(C)=O)[C@@H](OCC)[C@@H]1O. The first-order valence-corrected chi connectivity index (χ1v) is 20.4. The molecule has 5 atom stereocenters. The second kappa shape index (κ2) is 30.6. The third-order valence-electron chi connectivity index (χ3n) is 9.96. The summed E-state index contributed by atoms with van der Waals surface area (Å²) in [4.78, 5) is 25.0. The van der Waals surface area contributed by atoms with E-state index < -0.39 is 30.6 Å². The van der Waals surface area contributed by atoms with Crippen molar-refractivity contribution in [3.8, 4) is 0 Å². The summed E-state index contributed by atoms with van der Waals surface area (Å²) < 4.78 is 17.0. The minimum atomic E-state index is -1.38. The summed E-state index contributed by atoms with van der Waals surface area (Å²) in [5, 5.41) is 24.1. The predicted octanol–water partition coefficient (Wildman–Crippen LogP) is 9.32. The molecule has 284 valence electrons. The lowest BCUT2D eigenvalue weighted by Crippen LogP contribution is -2.65. The van der Waals surface area contributed by atoms with Crippen LogP contribution in [0.3, 0.4) is 0 Å². The fourth-order valence-electron chi connectivity index (χ4n) is 6.98. The van der Waals surface area contributed by atoms with E-state index in [0.29, 0.717) is 0 Å². The highest BCUT2D eigenvalue weighted by Crippen LogP contribution is 2.25. The van der Waals surface area contributed by atoms with Crippen molar-refractivity contribution in [1.82, 2.24) is 5.32 Å². The van der Waals surface area contributed by atoms with Crippen molar-refractivity contribution < 1.29 is 34.0 Å². The van der Waals surface area contributed by atoms with Gasteiger partial charge in [0.15, 0.2) is 6.29 Å². The number of nitrogens with one attached hydrogen (secondary N) is 1. The molecule has 3 N–H and O–H groups in total. The Morgan fingerprint density at radius 1 is 0.646 bits per heavy atom. The first-order valence-electron chi connectivity index (χ1n) is 20.4. The fourth-order valence-corrected chi connectivity index (χ4v) is 6.98. The molecule has 8 heteroatoms. The van der Waals surface area contributed by atoms with Crippen molar-refractivity contribution >= 4 is 11.9 Å². The molecule has 3 unspecified atom stereocenters. The van der Waals surface area contributed by atoms with Gasteiger partial charge >= 0.3 is 5.97 Å². The van der Waals surface area contributed by atoms with Crippen LogP contribution in [0.4, 0.5) is 0 Å². The van der Waals surface area contributed by atoms with E-state index in [9.17, 15) is 19.8 Å². The second-order valence-electron chi connectivity index (χ2n) is 14.4. The number of carbonyl (C=O) groups excluding carboxylic acids is 2. The second-order valence-corrected chi connectivity index (χ2v) is 14.4. The van der Waals surface area contributed by atoms with Gasteiger partial charge in [-0.15, -0.1) is 0 Å². The van der Waals surface area contributed by atoms with Crippen molar-refractivity contribution in [2.75, 3.05) is 13.2 Å². The maximum Gasteiger partial charge on any atom is 0.309 e. The van der Waals surface area contributed by atoms with Crippen LogP contribution < -0.4 is 5.32 Å². The molecule has 0 aromatic heterocycles. The van der Waals surface area contributed by atoms with Gasteiger partial charge in [-0.2, -0.15) is 0 Å². The van der Waals surface area contributed by atoms with Gasteiger partial charge < -0.3 is 29.7 Å². The molecule has 0 spiro atoms. The molecule has 48 heavy (non-hydrogen) atoms. The van der Waals surface area contributed by atoms with E-state index in [0.717, 1.165) is 38.5 Å². The predicted molar refractivity (Wildman–Crippen MR) is 196 cm³/mol. The Labute approximate surface area is 295 Å². The first kappa shape index (κ1) is 44.8. The van der Waals surface area contributed by atoms with Crippen LogP contribution in [0.15, 0.2) is 0 Å². The van der Waals surface area contributed by atoms with E-state index in [1.54, 1.807) is 6.92 Å². The summed E-state index contributed by atoms with van der Waals surface area (Å²) in [5.41, 5.74) is 0. The molecule has 1 heterocycles. The number of carbonyl (C=O) groups is 2. The Morgan fingerprint density at radius 2 is 1.04 bits per heavy atom. The summed E-state index contributed by atoms with van der Waals surface area (Å²) in [7, 11) is 0. The third kappa shape index (κ3) is 21.8. The molecule has 1 aliphatic rings. The monoisotopic (exact) mass is 684 g/mol. The minimum absolute atomic E-state index is 0.166. The van der Waals surface area contributed by atoms with Crippen LogP contribution in [-0.4, -0.2) is 65.9 Å². The van der Waals surface area contributed by atoms with Crippen molar-refractivity contribution in [2.45, 2.75) is 225 Å². The van der Waals surface area contributed by atoms with Gasteiger partial charge in [-0.05, 0) is 19.8 Å². The highest BCUT2D eigenvalue weighted by molar-refractivity contribution is 5.73. The number of unbranched alkanes of at least 4 members (excludes halogenated alkanes) is 22. The highest BCUT2D eigenvalue weighted by Gasteiger charge is 2.46. The van der Waals surface area contributed by atoms with E-state index in [1.807, 2.05) is 0 Å². The zero-order valence-electron chi connectivity index (χ0n) is 31.7. The van der Waals surface area contributed by atoms with E-state index in [2.05, 4.69) is 19.2 Å². The standard InChI is InChI=1S/C40H77NO7/c1-5-8-10-12-14-16-18-20-22-24-26-28-30-34(31-29-27-25-23-21-19-17-15-13-11-9-6-2)39(44)47-32-35-37(43)38(46-7-3)36(40(45)48-35)41-33(4)42/h34-38,40,43,45H,5-32H2,1-4H3,(H,41,42)/t35?,36?,37-,38-,40?/m1/s1. The van der Waals surface area contributed by atoms with Crippen LogP contribution in [-0.2, 0) is 23.8 Å². The Kier molecular flexibility index (Phi) is 28.6. The number of hydrogen-bond donors (Lipinski definition) is 3. The van der Waals surface area contributed by atoms with Crippen LogP contribution in [0, 0.1) is 5.92 Å². The quantitative estimate of drug-likeness (QED) is 0.0478. The van der Waals surface area contributed by atoms with Gasteiger partial charge in [0, 0.05) is 13.5 Å². The third-order valence-corrected chi connectivity index (χ3v) is 9.96. The number of esters is 1. The zero-order valence-corrected chi connectivity index (χ0v) is 31.7. The number of rotatable bonds is 32. The van der Waals surface area contributed by atoms with Gasteiger partial charge in [0.2, 0.25) is 5.91 Å². The van der Waals surface area contributed by atoms with Crippen LogP contribution in [0.1, 0.15) is 195 Å². The number of aliphatic hydroxyl groups is 2. The summed E-state index contributed by atoms with van der Waals surface area (Å²) in [6.07, 6.45) is 28.1. The van der Waals surface area contributed by atoms with Crippen LogP contribution in [0.25, 0.3) is 0 Å². The largest absolute Gasteiger partial charge is 0.463 e. The van der Waals surface area contributed by atoms with E-state index in [1.165, 1.54) is 135 Å². The molecule has 1 amide bonds. The first-order chi connectivity index (χ1) is 23.3.